The molecule has 0 aromatic heterocycles. The third-order valence-electron chi connectivity index (χ3n) is 2.57. The number of hydrogen-bond donors (Lipinski definition) is 1. The Morgan fingerprint density at radius 3 is 2.53 bits per heavy atom. The summed E-state index contributed by atoms with van der Waals surface area (Å²) in [5, 5.41) is 21.8. The third-order valence-corrected chi connectivity index (χ3v) is 3.86. The number of non-ortho nitro benzene ring substituents is 1. The van der Waals surface area contributed by atoms with Crippen LogP contribution in [0.5, 0.6) is 0 Å². The summed E-state index contributed by atoms with van der Waals surface area (Å²) in [5.74, 6) is 0.440. The number of nitrogens with two attached hydrogens (primary N) is 1. The molecule has 1 aromatic rings. The lowest BCUT2D eigenvalue weighted by atomic mass is 10.2. The molecule has 7 nitrogen and oxygen atoms in total. The van der Waals surface area contributed by atoms with Gasteiger partial charge in [0.15, 0.2) is 0 Å². The minimum Gasteiger partial charge on any atom is -0.330 e. The molecule has 0 radical (unpaired) electrons. The van der Waals surface area contributed by atoms with E-state index in [-0.39, 0.29) is 11.4 Å². The second-order valence-electron chi connectivity index (χ2n) is 4.03. The average molecular weight is 285 g/mol. The third kappa shape index (κ3) is 4.49. The van der Waals surface area contributed by atoms with Crippen molar-refractivity contribution in [3.63, 3.8) is 0 Å². The summed E-state index contributed by atoms with van der Waals surface area (Å²) < 4.78 is 0. The van der Waals surface area contributed by atoms with Crippen molar-refractivity contribution in [2.45, 2.75) is 24.3 Å². The molecule has 8 heteroatoms. The van der Waals surface area contributed by atoms with Gasteiger partial charge >= 0.3 is 0 Å². The number of thioether (sulfide) groups is 1. The van der Waals surface area contributed by atoms with E-state index in [1.54, 1.807) is 11.8 Å². The van der Waals surface area contributed by atoms with E-state index in [1.165, 1.54) is 12.1 Å². The average Bonchev–Trinajstić information content (AvgIpc) is 2.36. The molecule has 2 N–H and O–H groups in total. The summed E-state index contributed by atoms with van der Waals surface area (Å²) in [6, 6.07) is 3.73. The molecule has 104 valence electrons. The van der Waals surface area contributed by atoms with Crippen LogP contribution in [0, 0.1) is 20.2 Å². The molecule has 1 atom stereocenters. The lowest BCUT2D eigenvalue weighted by Crippen LogP contribution is -2.07. The SMILES string of the molecule is CC(CCN)SCc1ccc([N+](=O)[O-])cc1[N+](=O)[O-]. The quantitative estimate of drug-likeness (QED) is 0.608. The van der Waals surface area contributed by atoms with E-state index in [0.717, 1.165) is 12.5 Å². The van der Waals surface area contributed by atoms with Crippen molar-refractivity contribution in [1.29, 1.82) is 0 Å². The summed E-state index contributed by atoms with van der Waals surface area (Å²) >= 11 is 1.55. The van der Waals surface area contributed by atoms with Crippen LogP contribution in [0.4, 0.5) is 11.4 Å². The highest BCUT2D eigenvalue weighted by Crippen LogP contribution is 2.29. The summed E-state index contributed by atoms with van der Waals surface area (Å²) in [7, 11) is 0. The molecule has 1 aromatic carbocycles. The fourth-order valence-corrected chi connectivity index (χ4v) is 2.52. The molecule has 0 heterocycles. The van der Waals surface area contributed by atoms with Gasteiger partial charge in [-0.05, 0) is 19.0 Å². The zero-order valence-electron chi connectivity index (χ0n) is 10.4. The van der Waals surface area contributed by atoms with Crippen molar-refractivity contribution < 1.29 is 9.85 Å². The molecule has 19 heavy (non-hydrogen) atoms. The molecular formula is C11H15N3O4S. The van der Waals surface area contributed by atoms with E-state index in [0.29, 0.717) is 23.1 Å². The monoisotopic (exact) mass is 285 g/mol. The van der Waals surface area contributed by atoms with E-state index >= 15 is 0 Å². The van der Waals surface area contributed by atoms with Gasteiger partial charge < -0.3 is 5.73 Å². The van der Waals surface area contributed by atoms with Gasteiger partial charge in [-0.25, -0.2) is 0 Å². The number of nitro benzene ring substituents is 2. The molecule has 0 fully saturated rings. The van der Waals surface area contributed by atoms with Crippen LogP contribution >= 0.6 is 11.8 Å². The molecule has 1 unspecified atom stereocenters. The molecule has 0 bridgehead atoms. The lowest BCUT2D eigenvalue weighted by Gasteiger charge is -2.09. The van der Waals surface area contributed by atoms with E-state index < -0.39 is 9.85 Å². The van der Waals surface area contributed by atoms with Gasteiger partial charge in [-0.15, -0.1) is 0 Å². The second kappa shape index (κ2) is 7.05. The molecule has 0 saturated carbocycles. The first kappa shape index (κ1) is 15.4. The first-order chi connectivity index (χ1) is 8.95. The smallest absolute Gasteiger partial charge is 0.280 e. The molecule has 0 amide bonds. The Kier molecular flexibility index (Phi) is 5.71. The van der Waals surface area contributed by atoms with Crippen LogP contribution in [0.25, 0.3) is 0 Å². The number of rotatable bonds is 7. The van der Waals surface area contributed by atoms with Crippen LogP contribution in [-0.2, 0) is 5.75 Å². The van der Waals surface area contributed by atoms with Crippen LogP contribution in [0.2, 0.25) is 0 Å². The normalized spacial score (nSPS) is 12.1. The Hall–Kier alpha value is -1.67. The Balaban J connectivity index is 2.88. The summed E-state index contributed by atoms with van der Waals surface area (Å²) in [6.45, 7) is 2.56. The van der Waals surface area contributed by atoms with E-state index in [4.69, 9.17) is 5.73 Å². The first-order valence-electron chi connectivity index (χ1n) is 5.69. The zero-order valence-corrected chi connectivity index (χ0v) is 11.3. The Morgan fingerprint density at radius 1 is 1.32 bits per heavy atom. The lowest BCUT2D eigenvalue weighted by molar-refractivity contribution is -0.394. The number of nitrogens with zero attached hydrogens (tertiary/aromatic N) is 2. The van der Waals surface area contributed by atoms with Crippen molar-refractivity contribution in [2.24, 2.45) is 5.73 Å². The molecule has 0 aliphatic heterocycles. The van der Waals surface area contributed by atoms with Crippen LogP contribution < -0.4 is 5.73 Å². The van der Waals surface area contributed by atoms with Crippen molar-refractivity contribution in [3.05, 3.63) is 44.0 Å². The standard InChI is InChI=1S/C11H15N3O4S/c1-8(4-5-12)19-7-9-2-3-10(13(15)16)6-11(9)14(17)18/h2-3,6,8H,4-5,7,12H2,1H3. The van der Waals surface area contributed by atoms with E-state index in [2.05, 4.69) is 0 Å². The minimum atomic E-state index is -0.638. The maximum absolute atomic E-state index is 10.9. The van der Waals surface area contributed by atoms with Crippen molar-refractivity contribution in [3.8, 4) is 0 Å². The van der Waals surface area contributed by atoms with Crippen molar-refractivity contribution in [1.82, 2.24) is 0 Å². The van der Waals surface area contributed by atoms with Crippen LogP contribution in [0.15, 0.2) is 18.2 Å². The van der Waals surface area contributed by atoms with Crippen molar-refractivity contribution >= 4 is 23.1 Å². The second-order valence-corrected chi connectivity index (χ2v) is 5.45. The Labute approximate surface area is 114 Å². The van der Waals surface area contributed by atoms with E-state index in [1.807, 2.05) is 6.92 Å². The highest BCUT2D eigenvalue weighted by molar-refractivity contribution is 7.99. The zero-order chi connectivity index (χ0) is 14.4. The predicted octanol–water partition coefficient (Wildman–Crippen LogP) is 2.47. The van der Waals surface area contributed by atoms with Crippen LogP contribution in [0.3, 0.4) is 0 Å². The van der Waals surface area contributed by atoms with Crippen LogP contribution in [0.1, 0.15) is 18.9 Å². The van der Waals surface area contributed by atoms with Gasteiger partial charge in [-0.2, -0.15) is 11.8 Å². The first-order valence-corrected chi connectivity index (χ1v) is 6.74. The highest BCUT2D eigenvalue weighted by Gasteiger charge is 2.19. The largest absolute Gasteiger partial charge is 0.330 e. The van der Waals surface area contributed by atoms with E-state index in [9.17, 15) is 20.2 Å². The van der Waals surface area contributed by atoms with Gasteiger partial charge in [0.25, 0.3) is 11.4 Å². The highest BCUT2D eigenvalue weighted by atomic mass is 32.2. The van der Waals surface area contributed by atoms with Crippen molar-refractivity contribution in [2.75, 3.05) is 6.54 Å². The van der Waals surface area contributed by atoms with Gasteiger partial charge in [-0.1, -0.05) is 6.92 Å². The minimum absolute atomic E-state index is 0.207. The topological polar surface area (TPSA) is 112 Å². The van der Waals surface area contributed by atoms with Gasteiger partial charge in [-0.3, -0.25) is 20.2 Å². The maximum Gasteiger partial charge on any atom is 0.280 e. The number of benzene rings is 1. The Morgan fingerprint density at radius 2 is 2.00 bits per heavy atom. The molecule has 0 saturated heterocycles. The predicted molar refractivity (Wildman–Crippen MR) is 74.2 cm³/mol. The fourth-order valence-electron chi connectivity index (χ4n) is 1.51. The summed E-state index contributed by atoms with van der Waals surface area (Å²) in [4.78, 5) is 20.3. The number of nitro groups is 2. The molecule has 0 aliphatic rings. The van der Waals surface area contributed by atoms with Crippen LogP contribution in [-0.4, -0.2) is 21.6 Å². The molecular weight excluding hydrogens is 270 g/mol. The molecule has 1 rings (SSSR count). The molecule has 0 spiro atoms. The van der Waals surface area contributed by atoms with Gasteiger partial charge in [0.2, 0.25) is 0 Å². The number of hydrogen-bond acceptors (Lipinski definition) is 6. The van der Waals surface area contributed by atoms with Gasteiger partial charge in [0.05, 0.1) is 15.9 Å². The van der Waals surface area contributed by atoms with Gasteiger partial charge in [0, 0.05) is 22.6 Å². The fraction of sp³-hybridized carbons (Fsp3) is 0.455. The summed E-state index contributed by atoms with van der Waals surface area (Å²) in [6.07, 6.45) is 0.825. The Bertz CT molecular complexity index is 481. The maximum atomic E-state index is 10.9. The van der Waals surface area contributed by atoms with Gasteiger partial charge in [0.1, 0.15) is 0 Å². The molecule has 0 aliphatic carbocycles. The summed E-state index contributed by atoms with van der Waals surface area (Å²) in [5.41, 5.74) is 5.45.